The molecule has 0 unspecified atom stereocenters. The van der Waals surface area contributed by atoms with Crippen molar-refractivity contribution in [1.29, 1.82) is 0 Å². The molecule has 2 fully saturated rings. The van der Waals surface area contributed by atoms with Crippen LogP contribution < -0.4 is 5.32 Å². The Labute approximate surface area is 113 Å². The van der Waals surface area contributed by atoms with Crippen molar-refractivity contribution in [3.63, 3.8) is 0 Å². The molecule has 0 saturated heterocycles. The first-order valence-corrected chi connectivity index (χ1v) is 7.81. The minimum atomic E-state index is 0.0981. The molecular weight excluding hydrogens is 222 g/mol. The summed E-state index contributed by atoms with van der Waals surface area (Å²) in [6.07, 6.45) is 9.14. The van der Waals surface area contributed by atoms with Crippen LogP contribution in [0.1, 0.15) is 65.7 Å². The van der Waals surface area contributed by atoms with Crippen molar-refractivity contribution in [3.8, 4) is 0 Å². The van der Waals surface area contributed by atoms with Crippen LogP contribution in [-0.2, 0) is 0 Å². The highest BCUT2D eigenvalue weighted by molar-refractivity contribution is 4.96. The Hall–Kier alpha value is -0.0800. The number of hydrogen-bond donors (Lipinski definition) is 2. The molecule has 0 aromatic carbocycles. The Morgan fingerprint density at radius 2 is 1.72 bits per heavy atom. The molecule has 0 bridgehead atoms. The summed E-state index contributed by atoms with van der Waals surface area (Å²) in [6, 6.07) is 0. The molecule has 0 aliphatic heterocycles. The van der Waals surface area contributed by atoms with Crippen LogP contribution >= 0.6 is 0 Å². The van der Waals surface area contributed by atoms with E-state index in [1.165, 1.54) is 44.9 Å². The summed E-state index contributed by atoms with van der Waals surface area (Å²) >= 11 is 0. The van der Waals surface area contributed by atoms with Gasteiger partial charge in [-0.15, -0.1) is 0 Å². The quantitative estimate of drug-likeness (QED) is 0.805. The Morgan fingerprint density at radius 1 is 1.11 bits per heavy atom. The molecule has 2 nitrogen and oxygen atoms in total. The Balaban J connectivity index is 1.71. The lowest BCUT2D eigenvalue weighted by molar-refractivity contribution is 0.0763. The van der Waals surface area contributed by atoms with Crippen LogP contribution in [0.3, 0.4) is 0 Å². The highest BCUT2D eigenvalue weighted by Crippen LogP contribution is 2.40. The Bertz CT molecular complexity index is 251. The summed E-state index contributed by atoms with van der Waals surface area (Å²) in [5.41, 5.74) is 0.583. The van der Waals surface area contributed by atoms with E-state index in [1.807, 2.05) is 0 Å². The van der Waals surface area contributed by atoms with E-state index in [-0.39, 0.29) is 5.54 Å². The minimum Gasteiger partial charge on any atom is -0.394 e. The largest absolute Gasteiger partial charge is 0.394 e. The van der Waals surface area contributed by atoms with Gasteiger partial charge in [0.05, 0.1) is 6.61 Å². The molecule has 0 spiro atoms. The van der Waals surface area contributed by atoms with Crippen LogP contribution in [0.5, 0.6) is 0 Å². The lowest BCUT2D eigenvalue weighted by Gasteiger charge is -2.43. The molecule has 2 N–H and O–H groups in total. The molecule has 18 heavy (non-hydrogen) atoms. The summed E-state index contributed by atoms with van der Waals surface area (Å²) in [7, 11) is 0. The van der Waals surface area contributed by atoms with Gasteiger partial charge in [0.25, 0.3) is 0 Å². The minimum absolute atomic E-state index is 0.0981. The molecular formula is C16H31NO. The van der Waals surface area contributed by atoms with Crippen LogP contribution in [0.15, 0.2) is 0 Å². The predicted octanol–water partition coefficient (Wildman–Crippen LogP) is 3.34. The topological polar surface area (TPSA) is 32.3 Å². The molecule has 106 valence electrons. The maximum absolute atomic E-state index is 9.45. The Kier molecular flexibility index (Phi) is 4.38. The molecule has 2 heteroatoms. The smallest absolute Gasteiger partial charge is 0.0613 e. The molecule has 0 radical (unpaired) electrons. The van der Waals surface area contributed by atoms with E-state index in [1.54, 1.807) is 0 Å². The molecule has 0 heterocycles. The molecule has 2 aliphatic rings. The summed E-state index contributed by atoms with van der Waals surface area (Å²) in [5.74, 6) is 1.75. The van der Waals surface area contributed by atoms with Gasteiger partial charge >= 0.3 is 0 Å². The highest BCUT2D eigenvalue weighted by atomic mass is 16.3. The second kappa shape index (κ2) is 5.50. The summed E-state index contributed by atoms with van der Waals surface area (Å²) < 4.78 is 0. The van der Waals surface area contributed by atoms with E-state index in [0.29, 0.717) is 12.0 Å². The lowest BCUT2D eigenvalue weighted by atomic mass is 9.69. The Morgan fingerprint density at radius 3 is 2.11 bits per heavy atom. The zero-order valence-corrected chi connectivity index (χ0v) is 12.5. The van der Waals surface area contributed by atoms with E-state index >= 15 is 0 Å². The second-order valence-electron chi connectivity index (χ2n) is 7.76. The number of hydrogen-bond acceptors (Lipinski definition) is 2. The fourth-order valence-corrected chi connectivity index (χ4v) is 3.59. The summed E-state index contributed by atoms with van der Waals surface area (Å²) in [5, 5.41) is 13.1. The first-order chi connectivity index (χ1) is 8.45. The van der Waals surface area contributed by atoms with Crippen molar-refractivity contribution in [1.82, 2.24) is 5.32 Å². The van der Waals surface area contributed by atoms with Crippen LogP contribution in [0, 0.1) is 17.3 Å². The third kappa shape index (κ3) is 3.27. The van der Waals surface area contributed by atoms with Crippen LogP contribution in [0.4, 0.5) is 0 Å². The van der Waals surface area contributed by atoms with Crippen LogP contribution in [0.25, 0.3) is 0 Å². The number of aliphatic hydroxyl groups excluding tert-OH is 1. The highest BCUT2D eigenvalue weighted by Gasteiger charge is 2.37. The standard InChI is InChI=1S/C16H31NO/c1-15(2,3)14-7-5-13(6-8-14)11-17-16(12-18)9-4-10-16/h13-14,17-18H,4-12H2,1-3H3. The van der Waals surface area contributed by atoms with Gasteiger partial charge in [-0.05, 0) is 68.7 Å². The van der Waals surface area contributed by atoms with Gasteiger partial charge in [-0.1, -0.05) is 20.8 Å². The molecule has 2 aliphatic carbocycles. The van der Waals surface area contributed by atoms with E-state index < -0.39 is 0 Å². The molecule has 0 amide bonds. The molecule has 0 aromatic heterocycles. The fourth-order valence-electron chi connectivity index (χ4n) is 3.59. The van der Waals surface area contributed by atoms with Gasteiger partial charge in [-0.2, -0.15) is 0 Å². The van der Waals surface area contributed by atoms with Gasteiger partial charge in [0, 0.05) is 5.54 Å². The predicted molar refractivity (Wildman–Crippen MR) is 76.6 cm³/mol. The van der Waals surface area contributed by atoms with Crippen LogP contribution in [-0.4, -0.2) is 23.8 Å². The molecule has 2 rings (SSSR count). The van der Waals surface area contributed by atoms with Gasteiger partial charge in [0.15, 0.2) is 0 Å². The van der Waals surface area contributed by atoms with E-state index in [0.717, 1.165) is 18.4 Å². The zero-order chi connectivity index (χ0) is 13.2. The van der Waals surface area contributed by atoms with Crippen molar-refractivity contribution in [3.05, 3.63) is 0 Å². The molecule has 0 aromatic rings. The maximum atomic E-state index is 9.45. The van der Waals surface area contributed by atoms with E-state index in [2.05, 4.69) is 26.1 Å². The fraction of sp³-hybridized carbons (Fsp3) is 1.00. The van der Waals surface area contributed by atoms with Crippen molar-refractivity contribution < 1.29 is 5.11 Å². The van der Waals surface area contributed by atoms with Crippen LogP contribution in [0.2, 0.25) is 0 Å². The SMILES string of the molecule is CC(C)(C)C1CCC(CNC2(CO)CCC2)CC1. The monoisotopic (exact) mass is 253 g/mol. The average Bonchev–Trinajstić information content (AvgIpc) is 2.28. The van der Waals surface area contributed by atoms with Crippen molar-refractivity contribution in [2.75, 3.05) is 13.2 Å². The summed E-state index contributed by atoms with van der Waals surface area (Å²) in [4.78, 5) is 0. The van der Waals surface area contributed by atoms with Gasteiger partial charge in [-0.25, -0.2) is 0 Å². The van der Waals surface area contributed by atoms with Gasteiger partial charge in [0.1, 0.15) is 0 Å². The van der Waals surface area contributed by atoms with E-state index in [9.17, 15) is 5.11 Å². The van der Waals surface area contributed by atoms with Crippen molar-refractivity contribution >= 4 is 0 Å². The normalized spacial score (nSPS) is 32.0. The molecule has 0 atom stereocenters. The van der Waals surface area contributed by atoms with Gasteiger partial charge in [-0.3, -0.25) is 0 Å². The van der Waals surface area contributed by atoms with E-state index in [4.69, 9.17) is 0 Å². The first-order valence-electron chi connectivity index (χ1n) is 7.81. The van der Waals surface area contributed by atoms with Crippen molar-refractivity contribution in [2.24, 2.45) is 17.3 Å². The second-order valence-corrected chi connectivity index (χ2v) is 7.76. The van der Waals surface area contributed by atoms with Crippen molar-refractivity contribution in [2.45, 2.75) is 71.3 Å². The number of aliphatic hydroxyl groups is 1. The first kappa shape index (κ1) is 14.3. The third-order valence-corrected chi connectivity index (χ3v) is 5.45. The lowest BCUT2D eigenvalue weighted by Crippen LogP contribution is -2.55. The number of nitrogens with one attached hydrogen (secondary N) is 1. The van der Waals surface area contributed by atoms with Gasteiger partial charge < -0.3 is 10.4 Å². The summed E-state index contributed by atoms with van der Waals surface area (Å²) in [6.45, 7) is 8.59. The van der Waals surface area contributed by atoms with Gasteiger partial charge in [0.2, 0.25) is 0 Å². The maximum Gasteiger partial charge on any atom is 0.0613 e. The molecule has 2 saturated carbocycles. The third-order valence-electron chi connectivity index (χ3n) is 5.45. The number of rotatable bonds is 4. The average molecular weight is 253 g/mol. The zero-order valence-electron chi connectivity index (χ0n) is 12.5.